The Kier molecular flexibility index (Phi) is 5.07. The Bertz CT molecular complexity index is 856. The van der Waals surface area contributed by atoms with Gasteiger partial charge >= 0.3 is 0 Å². The normalized spacial score (nSPS) is 22.1. The number of carbonyl (C=O) groups is 2. The highest BCUT2D eigenvalue weighted by Crippen LogP contribution is 2.41. The van der Waals surface area contributed by atoms with Crippen molar-refractivity contribution < 1.29 is 14.3 Å². The van der Waals surface area contributed by atoms with Gasteiger partial charge in [0.2, 0.25) is 11.8 Å². The third-order valence-corrected chi connectivity index (χ3v) is 5.63. The first kappa shape index (κ1) is 18.5. The average Bonchev–Trinajstić information content (AvgIpc) is 3.52. The van der Waals surface area contributed by atoms with Gasteiger partial charge in [0.15, 0.2) is 0 Å². The fourth-order valence-electron chi connectivity index (χ4n) is 3.90. The van der Waals surface area contributed by atoms with Crippen LogP contribution in [0.4, 0.5) is 5.69 Å². The van der Waals surface area contributed by atoms with Crippen LogP contribution >= 0.6 is 0 Å². The van der Waals surface area contributed by atoms with Gasteiger partial charge in [-0.2, -0.15) is 0 Å². The number of ether oxygens (including phenoxy) is 1. The summed E-state index contributed by atoms with van der Waals surface area (Å²) in [6.07, 6.45) is 3.04. The van der Waals surface area contributed by atoms with E-state index >= 15 is 0 Å². The summed E-state index contributed by atoms with van der Waals surface area (Å²) in [4.78, 5) is 27.8. The van der Waals surface area contributed by atoms with Gasteiger partial charge in [-0.1, -0.05) is 29.8 Å². The Balaban J connectivity index is 1.74. The van der Waals surface area contributed by atoms with Gasteiger partial charge in [0, 0.05) is 18.2 Å². The molecule has 1 N–H and O–H groups in total. The Labute approximate surface area is 165 Å². The first-order chi connectivity index (χ1) is 13.6. The summed E-state index contributed by atoms with van der Waals surface area (Å²) in [6.45, 7) is 2.02. The first-order valence-electron chi connectivity index (χ1n) is 9.90. The van der Waals surface area contributed by atoms with E-state index < -0.39 is 0 Å². The van der Waals surface area contributed by atoms with Crippen LogP contribution in [0.3, 0.4) is 0 Å². The second kappa shape index (κ2) is 7.66. The van der Waals surface area contributed by atoms with E-state index in [1.54, 1.807) is 7.11 Å². The van der Waals surface area contributed by atoms with E-state index in [1.165, 1.54) is 0 Å². The Hall–Kier alpha value is -2.82. The van der Waals surface area contributed by atoms with Gasteiger partial charge in [-0.25, -0.2) is 0 Å². The minimum atomic E-state index is -0.325. The van der Waals surface area contributed by atoms with Crippen LogP contribution < -0.4 is 15.0 Å². The summed E-state index contributed by atoms with van der Waals surface area (Å²) in [5.41, 5.74) is 2.92. The number of carbonyl (C=O) groups excluding carboxylic acids is 2. The molecule has 2 unspecified atom stereocenters. The average molecular weight is 378 g/mol. The van der Waals surface area contributed by atoms with Crippen molar-refractivity contribution in [2.75, 3.05) is 12.0 Å². The van der Waals surface area contributed by atoms with Crippen molar-refractivity contribution in [1.29, 1.82) is 0 Å². The summed E-state index contributed by atoms with van der Waals surface area (Å²) in [6, 6.07) is 15.6. The van der Waals surface area contributed by atoms with Gasteiger partial charge in [0.1, 0.15) is 5.75 Å². The van der Waals surface area contributed by atoms with Gasteiger partial charge in [0.05, 0.1) is 19.1 Å². The molecule has 0 aromatic heterocycles. The van der Waals surface area contributed by atoms with Crippen molar-refractivity contribution >= 4 is 17.5 Å². The zero-order valence-corrected chi connectivity index (χ0v) is 16.4. The van der Waals surface area contributed by atoms with Gasteiger partial charge in [0.25, 0.3) is 0 Å². The van der Waals surface area contributed by atoms with E-state index in [2.05, 4.69) is 5.32 Å². The van der Waals surface area contributed by atoms with Crippen molar-refractivity contribution in [2.24, 2.45) is 5.92 Å². The van der Waals surface area contributed by atoms with Crippen molar-refractivity contribution in [3.05, 3.63) is 59.7 Å². The number of aryl methyl sites for hydroxylation is 1. The highest BCUT2D eigenvalue weighted by molar-refractivity contribution is 5.97. The van der Waals surface area contributed by atoms with Crippen LogP contribution in [-0.4, -0.2) is 25.0 Å². The number of methoxy groups -OCH3 is 1. The molecule has 0 bridgehead atoms. The van der Waals surface area contributed by atoms with Crippen molar-refractivity contribution in [3.63, 3.8) is 0 Å². The maximum absolute atomic E-state index is 13.0. The number of amides is 2. The van der Waals surface area contributed by atoms with E-state index in [0.717, 1.165) is 35.4 Å². The lowest BCUT2D eigenvalue weighted by molar-refractivity contribution is -0.129. The minimum Gasteiger partial charge on any atom is -0.497 e. The molecule has 5 nitrogen and oxygen atoms in total. The number of nitrogens with zero attached hydrogens (tertiary/aromatic N) is 1. The lowest BCUT2D eigenvalue weighted by atomic mass is 9.83. The number of nitrogens with one attached hydrogen (secondary N) is 1. The monoisotopic (exact) mass is 378 g/mol. The molecule has 2 aromatic carbocycles. The van der Waals surface area contributed by atoms with Crippen LogP contribution in [0.2, 0.25) is 0 Å². The molecule has 1 heterocycles. The molecule has 0 spiro atoms. The predicted octanol–water partition coefficient (Wildman–Crippen LogP) is 3.77. The van der Waals surface area contributed by atoms with E-state index in [1.807, 2.05) is 60.4 Å². The standard InChI is InChI=1S/C23H26N2O3/c1-15-3-9-18(10-4-15)25-21(26)14-13-20(23(27)24-17-7-8-17)22(25)16-5-11-19(28-2)12-6-16/h3-6,9-12,17,20,22H,7-8,13-14H2,1-2H3,(H,24,27). The predicted molar refractivity (Wildman–Crippen MR) is 108 cm³/mol. The number of hydrogen-bond acceptors (Lipinski definition) is 3. The lowest BCUT2D eigenvalue weighted by Gasteiger charge is -2.41. The van der Waals surface area contributed by atoms with E-state index in [0.29, 0.717) is 18.9 Å². The second-order valence-corrected chi connectivity index (χ2v) is 7.75. The Morgan fingerprint density at radius 3 is 2.32 bits per heavy atom. The van der Waals surface area contributed by atoms with Gasteiger partial charge in [-0.05, 0) is 56.0 Å². The molecular weight excluding hydrogens is 352 g/mol. The van der Waals surface area contributed by atoms with Gasteiger partial charge in [-0.15, -0.1) is 0 Å². The lowest BCUT2D eigenvalue weighted by Crippen LogP contribution is -2.48. The Morgan fingerprint density at radius 1 is 1.04 bits per heavy atom. The van der Waals surface area contributed by atoms with Gasteiger partial charge < -0.3 is 15.0 Å². The maximum atomic E-state index is 13.0. The summed E-state index contributed by atoms with van der Waals surface area (Å²) in [5.74, 6) is 0.591. The number of rotatable bonds is 5. The minimum absolute atomic E-state index is 0.0490. The summed E-state index contributed by atoms with van der Waals surface area (Å²) in [7, 11) is 1.63. The third-order valence-electron chi connectivity index (χ3n) is 5.63. The molecule has 4 rings (SSSR count). The number of piperidine rings is 1. The van der Waals surface area contributed by atoms with Crippen molar-refractivity contribution in [3.8, 4) is 5.75 Å². The van der Waals surface area contributed by atoms with Crippen LogP contribution in [0.25, 0.3) is 0 Å². The third kappa shape index (κ3) is 3.75. The van der Waals surface area contributed by atoms with Crippen LogP contribution in [0.15, 0.2) is 48.5 Å². The summed E-state index contributed by atoms with van der Waals surface area (Å²) >= 11 is 0. The smallest absolute Gasteiger partial charge is 0.227 e. The molecule has 5 heteroatoms. The zero-order chi connectivity index (χ0) is 19.7. The molecule has 146 valence electrons. The van der Waals surface area contributed by atoms with E-state index in [4.69, 9.17) is 4.74 Å². The van der Waals surface area contributed by atoms with Crippen LogP contribution in [0, 0.1) is 12.8 Å². The summed E-state index contributed by atoms with van der Waals surface area (Å²) in [5, 5.41) is 3.14. The largest absolute Gasteiger partial charge is 0.497 e. The molecule has 1 aliphatic carbocycles. The zero-order valence-electron chi connectivity index (χ0n) is 16.4. The van der Waals surface area contributed by atoms with Crippen LogP contribution in [0.1, 0.15) is 42.9 Å². The molecule has 28 heavy (non-hydrogen) atoms. The van der Waals surface area contributed by atoms with E-state index in [-0.39, 0.29) is 23.8 Å². The fraction of sp³-hybridized carbons (Fsp3) is 0.391. The highest BCUT2D eigenvalue weighted by atomic mass is 16.5. The molecular formula is C23H26N2O3. The molecule has 2 aromatic rings. The maximum Gasteiger partial charge on any atom is 0.227 e. The number of benzene rings is 2. The highest BCUT2D eigenvalue weighted by Gasteiger charge is 2.42. The van der Waals surface area contributed by atoms with Crippen LogP contribution in [0.5, 0.6) is 5.75 Å². The molecule has 1 saturated heterocycles. The molecule has 0 radical (unpaired) electrons. The van der Waals surface area contributed by atoms with Crippen molar-refractivity contribution in [2.45, 2.75) is 44.7 Å². The molecule has 2 atom stereocenters. The van der Waals surface area contributed by atoms with Gasteiger partial charge in [-0.3, -0.25) is 9.59 Å². The quantitative estimate of drug-likeness (QED) is 0.862. The molecule has 1 saturated carbocycles. The fourth-order valence-corrected chi connectivity index (χ4v) is 3.90. The SMILES string of the molecule is COc1ccc(C2C(C(=O)NC3CC3)CCC(=O)N2c2ccc(C)cc2)cc1. The van der Waals surface area contributed by atoms with E-state index in [9.17, 15) is 9.59 Å². The number of hydrogen-bond donors (Lipinski definition) is 1. The number of anilines is 1. The first-order valence-corrected chi connectivity index (χ1v) is 9.90. The molecule has 2 amide bonds. The Morgan fingerprint density at radius 2 is 1.71 bits per heavy atom. The molecule has 2 aliphatic rings. The topological polar surface area (TPSA) is 58.6 Å². The molecule has 1 aliphatic heterocycles. The second-order valence-electron chi connectivity index (χ2n) is 7.75. The summed E-state index contributed by atoms with van der Waals surface area (Å²) < 4.78 is 5.28. The van der Waals surface area contributed by atoms with Crippen LogP contribution in [-0.2, 0) is 9.59 Å². The molecule has 2 fully saturated rings. The van der Waals surface area contributed by atoms with Crippen molar-refractivity contribution in [1.82, 2.24) is 5.32 Å².